The molecule has 88 valence electrons. The van der Waals surface area contributed by atoms with Crippen LogP contribution in [0.3, 0.4) is 0 Å². The predicted octanol–water partition coefficient (Wildman–Crippen LogP) is 2.44. The van der Waals surface area contributed by atoms with Crippen molar-refractivity contribution in [3.8, 4) is 0 Å². The lowest BCUT2D eigenvalue weighted by Gasteiger charge is -2.03. The van der Waals surface area contributed by atoms with Gasteiger partial charge in [0.05, 0.1) is 6.54 Å². The van der Waals surface area contributed by atoms with Crippen LogP contribution in [0.25, 0.3) is 0 Å². The van der Waals surface area contributed by atoms with Crippen LogP contribution in [0.1, 0.15) is 58.8 Å². The van der Waals surface area contributed by atoms with Gasteiger partial charge >= 0.3 is 0 Å². The van der Waals surface area contributed by atoms with E-state index >= 15 is 0 Å². The largest absolute Gasteiger partial charge is 0.349 e. The van der Waals surface area contributed by atoms with Crippen LogP contribution in [-0.2, 0) is 9.59 Å². The van der Waals surface area contributed by atoms with Gasteiger partial charge in [-0.05, 0) is 6.42 Å². The molecule has 0 aliphatic heterocycles. The SMILES string of the molecule is CCCCCCCC(=O)NCC(=O)CC. The molecule has 0 aromatic carbocycles. The Hall–Kier alpha value is -0.860. The summed E-state index contributed by atoms with van der Waals surface area (Å²) in [4.78, 5) is 22.1. The van der Waals surface area contributed by atoms with Crippen molar-refractivity contribution >= 4 is 11.7 Å². The smallest absolute Gasteiger partial charge is 0.220 e. The molecule has 0 saturated carbocycles. The van der Waals surface area contributed by atoms with E-state index in [-0.39, 0.29) is 18.2 Å². The molecule has 0 aromatic rings. The summed E-state index contributed by atoms with van der Waals surface area (Å²) in [7, 11) is 0. The third kappa shape index (κ3) is 9.44. The fourth-order valence-electron chi connectivity index (χ4n) is 1.30. The molecule has 0 bridgehead atoms. The Morgan fingerprint density at radius 1 is 1.00 bits per heavy atom. The van der Waals surface area contributed by atoms with Crippen molar-refractivity contribution in [2.45, 2.75) is 58.8 Å². The van der Waals surface area contributed by atoms with E-state index in [1.807, 2.05) is 0 Å². The molecular weight excluding hydrogens is 190 g/mol. The molecule has 0 aromatic heterocycles. The van der Waals surface area contributed by atoms with Gasteiger partial charge in [-0.3, -0.25) is 9.59 Å². The van der Waals surface area contributed by atoms with Crippen LogP contribution in [0, 0.1) is 0 Å². The van der Waals surface area contributed by atoms with Crippen molar-refractivity contribution in [1.29, 1.82) is 0 Å². The molecular formula is C12H23NO2. The van der Waals surface area contributed by atoms with Crippen molar-refractivity contribution in [3.63, 3.8) is 0 Å². The average Bonchev–Trinajstić information content (AvgIpc) is 2.25. The number of rotatable bonds is 9. The highest BCUT2D eigenvalue weighted by molar-refractivity contribution is 5.85. The van der Waals surface area contributed by atoms with Crippen molar-refractivity contribution in [1.82, 2.24) is 5.32 Å². The summed E-state index contributed by atoms with van der Waals surface area (Å²) in [5.74, 6) is 0.0997. The Kier molecular flexibility index (Phi) is 9.13. The number of hydrogen-bond acceptors (Lipinski definition) is 2. The first-order valence-corrected chi connectivity index (χ1v) is 5.99. The molecule has 0 rings (SSSR count). The van der Waals surface area contributed by atoms with Crippen LogP contribution in [-0.4, -0.2) is 18.2 Å². The number of amides is 1. The predicted molar refractivity (Wildman–Crippen MR) is 61.7 cm³/mol. The van der Waals surface area contributed by atoms with Crippen molar-refractivity contribution in [3.05, 3.63) is 0 Å². The summed E-state index contributed by atoms with van der Waals surface area (Å²) < 4.78 is 0. The summed E-state index contributed by atoms with van der Waals surface area (Å²) in [6.45, 7) is 4.17. The second-order valence-corrected chi connectivity index (χ2v) is 3.83. The fourth-order valence-corrected chi connectivity index (χ4v) is 1.30. The molecule has 15 heavy (non-hydrogen) atoms. The van der Waals surface area contributed by atoms with E-state index < -0.39 is 0 Å². The maximum absolute atomic E-state index is 11.2. The number of ketones is 1. The van der Waals surface area contributed by atoms with Gasteiger partial charge in [-0.2, -0.15) is 0 Å². The van der Waals surface area contributed by atoms with Gasteiger partial charge in [-0.25, -0.2) is 0 Å². The highest BCUT2D eigenvalue weighted by Gasteiger charge is 2.03. The first-order chi connectivity index (χ1) is 7.20. The van der Waals surface area contributed by atoms with Gasteiger partial charge in [-0.15, -0.1) is 0 Å². The molecule has 0 saturated heterocycles. The van der Waals surface area contributed by atoms with Gasteiger partial charge < -0.3 is 5.32 Å². The summed E-state index contributed by atoms with van der Waals surface area (Å²) in [6, 6.07) is 0. The Labute approximate surface area is 92.6 Å². The summed E-state index contributed by atoms with van der Waals surface area (Å²) in [6.07, 6.45) is 6.78. The summed E-state index contributed by atoms with van der Waals surface area (Å²) in [5.41, 5.74) is 0. The zero-order valence-electron chi connectivity index (χ0n) is 9.97. The van der Waals surface area contributed by atoms with Crippen LogP contribution in [0.5, 0.6) is 0 Å². The lowest BCUT2D eigenvalue weighted by atomic mass is 10.1. The standard InChI is InChI=1S/C12H23NO2/c1-3-5-6-7-8-9-12(15)13-10-11(14)4-2/h3-10H2,1-2H3,(H,13,15). The Morgan fingerprint density at radius 2 is 1.67 bits per heavy atom. The molecule has 0 heterocycles. The average molecular weight is 213 g/mol. The van der Waals surface area contributed by atoms with Gasteiger partial charge in [0.1, 0.15) is 0 Å². The second kappa shape index (κ2) is 9.69. The molecule has 0 radical (unpaired) electrons. The van der Waals surface area contributed by atoms with E-state index in [2.05, 4.69) is 12.2 Å². The number of carbonyl (C=O) groups is 2. The van der Waals surface area contributed by atoms with Crippen LogP contribution in [0.4, 0.5) is 0 Å². The van der Waals surface area contributed by atoms with Gasteiger partial charge in [0.2, 0.25) is 5.91 Å². The molecule has 0 unspecified atom stereocenters. The van der Waals surface area contributed by atoms with Crippen LogP contribution < -0.4 is 5.32 Å². The third-order valence-corrected chi connectivity index (χ3v) is 2.38. The van der Waals surface area contributed by atoms with E-state index in [1.54, 1.807) is 6.92 Å². The Bertz CT molecular complexity index is 190. The third-order valence-electron chi connectivity index (χ3n) is 2.38. The highest BCUT2D eigenvalue weighted by Crippen LogP contribution is 2.04. The maximum Gasteiger partial charge on any atom is 0.220 e. The zero-order valence-corrected chi connectivity index (χ0v) is 9.97. The molecule has 0 aliphatic rings. The quantitative estimate of drug-likeness (QED) is 0.598. The number of nitrogens with one attached hydrogen (secondary N) is 1. The summed E-state index contributed by atoms with van der Waals surface area (Å²) in [5, 5.41) is 2.64. The molecule has 0 aliphatic carbocycles. The molecule has 3 nitrogen and oxygen atoms in total. The second-order valence-electron chi connectivity index (χ2n) is 3.83. The molecule has 3 heteroatoms. The van der Waals surface area contributed by atoms with Gasteiger partial charge in [0, 0.05) is 12.8 Å². The fraction of sp³-hybridized carbons (Fsp3) is 0.833. The summed E-state index contributed by atoms with van der Waals surface area (Å²) >= 11 is 0. The van der Waals surface area contributed by atoms with Gasteiger partial charge in [-0.1, -0.05) is 39.5 Å². The molecule has 0 atom stereocenters. The number of hydrogen-bond donors (Lipinski definition) is 1. The van der Waals surface area contributed by atoms with Crippen molar-refractivity contribution in [2.75, 3.05) is 6.54 Å². The first-order valence-electron chi connectivity index (χ1n) is 5.99. The van der Waals surface area contributed by atoms with E-state index in [0.29, 0.717) is 12.8 Å². The van der Waals surface area contributed by atoms with E-state index in [0.717, 1.165) is 12.8 Å². The zero-order chi connectivity index (χ0) is 11.5. The molecule has 0 fully saturated rings. The molecule has 1 N–H and O–H groups in total. The van der Waals surface area contributed by atoms with Crippen LogP contribution in [0.2, 0.25) is 0 Å². The molecule has 0 spiro atoms. The van der Waals surface area contributed by atoms with E-state index in [1.165, 1.54) is 19.3 Å². The maximum atomic E-state index is 11.2. The molecule has 1 amide bonds. The van der Waals surface area contributed by atoms with Crippen molar-refractivity contribution in [2.24, 2.45) is 0 Å². The lowest BCUT2D eigenvalue weighted by Crippen LogP contribution is -2.28. The number of unbranched alkanes of at least 4 members (excludes halogenated alkanes) is 4. The first kappa shape index (κ1) is 14.1. The minimum atomic E-state index is 0.00768. The minimum Gasteiger partial charge on any atom is -0.349 e. The van der Waals surface area contributed by atoms with E-state index in [4.69, 9.17) is 0 Å². The van der Waals surface area contributed by atoms with Crippen LogP contribution >= 0.6 is 0 Å². The van der Waals surface area contributed by atoms with E-state index in [9.17, 15) is 9.59 Å². The van der Waals surface area contributed by atoms with Crippen molar-refractivity contribution < 1.29 is 9.59 Å². The Balaban J connectivity index is 3.30. The van der Waals surface area contributed by atoms with Gasteiger partial charge in [0.25, 0.3) is 0 Å². The number of carbonyl (C=O) groups excluding carboxylic acids is 2. The monoisotopic (exact) mass is 213 g/mol. The van der Waals surface area contributed by atoms with Gasteiger partial charge in [0.15, 0.2) is 5.78 Å². The Morgan fingerprint density at radius 3 is 2.27 bits per heavy atom. The minimum absolute atomic E-state index is 0.00768. The number of Topliss-reactive ketones (excluding diaryl/α,β-unsaturated/α-hetero) is 1. The normalized spacial score (nSPS) is 10.0. The topological polar surface area (TPSA) is 46.2 Å². The lowest BCUT2D eigenvalue weighted by molar-refractivity contribution is -0.125. The van der Waals surface area contributed by atoms with Crippen LogP contribution in [0.15, 0.2) is 0 Å². The highest BCUT2D eigenvalue weighted by atomic mass is 16.2.